The van der Waals surface area contributed by atoms with Crippen molar-refractivity contribution in [2.45, 2.75) is 39.8 Å². The Kier molecular flexibility index (Phi) is 11.6. The third-order valence-electron chi connectivity index (χ3n) is 8.69. The summed E-state index contributed by atoms with van der Waals surface area (Å²) in [5.74, 6) is 5.97. The summed E-state index contributed by atoms with van der Waals surface area (Å²) in [5, 5.41) is 3.43. The summed E-state index contributed by atoms with van der Waals surface area (Å²) in [4.78, 5) is 38.0. The lowest BCUT2D eigenvalue weighted by Gasteiger charge is -2.32. The van der Waals surface area contributed by atoms with Crippen LogP contribution in [-0.4, -0.2) is 103 Å². The van der Waals surface area contributed by atoms with Crippen molar-refractivity contribution in [1.82, 2.24) is 49.0 Å². The smallest absolute Gasteiger partial charge is 0.229 e. The average Bonchev–Trinajstić information content (AvgIpc) is 3.83. The van der Waals surface area contributed by atoms with Crippen LogP contribution in [0.25, 0.3) is 11.6 Å². The Morgan fingerprint density at radius 3 is 1.78 bits per heavy atom. The number of methoxy groups -OCH3 is 2. The highest BCUT2D eigenvalue weighted by Crippen LogP contribution is 2.33. The Labute approximate surface area is 323 Å². The van der Waals surface area contributed by atoms with Crippen LogP contribution >= 0.6 is 11.6 Å². The summed E-state index contributed by atoms with van der Waals surface area (Å²) in [6, 6.07) is 4.15. The third kappa shape index (κ3) is 8.86. The largest absolute Gasteiger partial charge is 0.493 e. The molecule has 2 atom stereocenters. The van der Waals surface area contributed by atoms with E-state index in [1.807, 2.05) is 55.9 Å². The van der Waals surface area contributed by atoms with Crippen molar-refractivity contribution in [2.24, 2.45) is 0 Å². The minimum atomic E-state index is 0.250. The first-order valence-corrected chi connectivity index (χ1v) is 17.5. The van der Waals surface area contributed by atoms with Gasteiger partial charge in [0.1, 0.15) is 25.9 Å². The van der Waals surface area contributed by atoms with Crippen LogP contribution in [0.15, 0.2) is 62.0 Å². The molecule has 288 valence electrons. The van der Waals surface area contributed by atoms with Gasteiger partial charge in [-0.2, -0.15) is 9.97 Å². The number of rotatable bonds is 6. The normalized spacial score (nSPS) is 15.5. The number of imidazole rings is 2. The van der Waals surface area contributed by atoms with Gasteiger partial charge in [0, 0.05) is 38.6 Å². The summed E-state index contributed by atoms with van der Waals surface area (Å²) >= 11 is 5.69. The summed E-state index contributed by atoms with van der Waals surface area (Å²) < 4.78 is 25.4. The molecule has 0 spiro atoms. The molecular weight excluding hydrogens is 728 g/mol. The molecule has 18 nitrogen and oxygen atoms in total. The topological polar surface area (TPSA) is 194 Å². The van der Waals surface area contributed by atoms with Gasteiger partial charge >= 0.3 is 0 Å². The van der Waals surface area contributed by atoms with Crippen molar-refractivity contribution in [3.8, 4) is 34.6 Å². The van der Waals surface area contributed by atoms with Crippen molar-refractivity contribution < 1.29 is 18.9 Å². The molecule has 0 bridgehead atoms. The number of pyridine rings is 2. The van der Waals surface area contributed by atoms with E-state index in [1.54, 1.807) is 62.3 Å². The molecule has 0 amide bonds. The van der Waals surface area contributed by atoms with Crippen molar-refractivity contribution in [2.75, 3.05) is 62.4 Å². The zero-order valence-electron chi connectivity index (χ0n) is 31.8. The monoisotopic (exact) mass is 770 g/mol. The van der Waals surface area contributed by atoms with Crippen LogP contribution in [0, 0.1) is 13.8 Å². The second-order valence-electron chi connectivity index (χ2n) is 12.8. The number of nitrogen functional groups attached to an aromatic ring is 1. The molecule has 19 heteroatoms. The van der Waals surface area contributed by atoms with Gasteiger partial charge in [0.25, 0.3) is 0 Å². The average molecular weight is 771 g/mol. The molecule has 8 heterocycles. The van der Waals surface area contributed by atoms with Gasteiger partial charge in [0.15, 0.2) is 46.3 Å². The van der Waals surface area contributed by atoms with Crippen LogP contribution in [0.2, 0.25) is 5.28 Å². The maximum atomic E-state index is 5.69. The predicted octanol–water partition coefficient (Wildman–Crippen LogP) is 4.85. The zero-order chi connectivity index (χ0) is 39.2. The second kappa shape index (κ2) is 16.7. The van der Waals surface area contributed by atoms with Gasteiger partial charge < -0.3 is 39.8 Å². The number of ether oxygens (including phenoxy) is 4. The van der Waals surface area contributed by atoms with Crippen LogP contribution in [0.5, 0.6) is 23.0 Å². The number of hydrogen-bond acceptors (Lipinski definition) is 16. The summed E-state index contributed by atoms with van der Waals surface area (Å²) in [7, 11) is 7.16. The number of aromatic nitrogens is 10. The van der Waals surface area contributed by atoms with Gasteiger partial charge in [-0.25, -0.2) is 29.9 Å². The minimum absolute atomic E-state index is 0.250. The Morgan fingerprint density at radius 2 is 1.24 bits per heavy atom. The van der Waals surface area contributed by atoms with Crippen molar-refractivity contribution >= 4 is 40.6 Å². The second-order valence-corrected chi connectivity index (χ2v) is 13.1. The van der Waals surface area contributed by atoms with E-state index in [-0.39, 0.29) is 11.3 Å². The first kappa shape index (κ1) is 38.3. The van der Waals surface area contributed by atoms with Gasteiger partial charge in [0.2, 0.25) is 11.2 Å². The van der Waals surface area contributed by atoms with E-state index in [2.05, 4.69) is 63.9 Å². The standard InChI is InChI=1S/C18H21N7O2.C10H12N4O.C8H10ClN3O/c1-11-8-25(10-21-11)16-14(26-4)5-13(6-19-16)22-18-20-7-15-17(23-18)24(3)12(2)9-27-15;1-7-5-14(6-13-7)10-9(15-2)3-8(11)4-12-10;1-5-4-13-6-3-10-8(9)11-7(6)12(5)2/h5-8,10,12H,9H2,1-4H3,(H,20,22,23);3-6H,11H2,1-2H3;3,5H,4H2,1-2H3. The zero-order valence-corrected chi connectivity index (χ0v) is 32.6. The van der Waals surface area contributed by atoms with E-state index < -0.39 is 0 Å². The fourth-order valence-electron chi connectivity index (χ4n) is 5.38. The lowest BCUT2D eigenvalue weighted by Crippen LogP contribution is -2.38. The summed E-state index contributed by atoms with van der Waals surface area (Å²) in [6.45, 7) is 9.28. The lowest BCUT2D eigenvalue weighted by molar-refractivity contribution is 0.271. The molecule has 55 heavy (non-hydrogen) atoms. The quantitative estimate of drug-likeness (QED) is 0.218. The molecule has 0 saturated carbocycles. The number of halogens is 1. The number of anilines is 5. The molecule has 6 aromatic rings. The number of nitrogens with one attached hydrogen (secondary N) is 1. The van der Waals surface area contributed by atoms with Crippen LogP contribution in [0.1, 0.15) is 25.2 Å². The van der Waals surface area contributed by atoms with Crippen LogP contribution in [0.4, 0.5) is 29.0 Å². The van der Waals surface area contributed by atoms with E-state index in [0.29, 0.717) is 65.5 Å². The predicted molar refractivity (Wildman–Crippen MR) is 209 cm³/mol. The summed E-state index contributed by atoms with van der Waals surface area (Å²) in [6.07, 6.45) is 13.7. The van der Waals surface area contributed by atoms with E-state index in [0.717, 1.165) is 28.7 Å². The highest BCUT2D eigenvalue weighted by atomic mass is 35.5. The molecule has 0 fully saturated rings. The number of fused-ring (bicyclic) bond motifs is 2. The molecule has 2 unspecified atom stereocenters. The van der Waals surface area contributed by atoms with E-state index >= 15 is 0 Å². The molecule has 8 rings (SSSR count). The first-order chi connectivity index (χ1) is 26.4. The highest BCUT2D eigenvalue weighted by Gasteiger charge is 2.24. The number of hydrogen-bond donors (Lipinski definition) is 2. The Morgan fingerprint density at radius 1 is 0.709 bits per heavy atom. The van der Waals surface area contributed by atoms with Gasteiger partial charge in [-0.3, -0.25) is 9.13 Å². The summed E-state index contributed by atoms with van der Waals surface area (Å²) in [5.41, 5.74) is 8.75. The number of likely N-dealkylation sites (N-methyl/N-ethyl adjacent to an activating group) is 2. The number of nitrogens with two attached hydrogens (primary N) is 1. The van der Waals surface area contributed by atoms with E-state index in [1.165, 1.54) is 0 Å². The molecule has 0 aliphatic carbocycles. The minimum Gasteiger partial charge on any atom is -0.493 e. The maximum Gasteiger partial charge on any atom is 0.229 e. The first-order valence-electron chi connectivity index (χ1n) is 17.2. The van der Waals surface area contributed by atoms with Gasteiger partial charge in [0.05, 0.1) is 73.9 Å². The maximum absolute atomic E-state index is 5.69. The molecule has 0 saturated heterocycles. The van der Waals surface area contributed by atoms with Gasteiger partial charge in [-0.05, 0) is 39.3 Å². The Balaban J connectivity index is 0.000000155. The molecule has 0 aromatic carbocycles. The number of aryl methyl sites for hydroxylation is 2. The van der Waals surface area contributed by atoms with E-state index in [9.17, 15) is 0 Å². The number of nitrogens with zero attached hydrogens (tertiary/aromatic N) is 12. The lowest BCUT2D eigenvalue weighted by atomic mass is 10.2. The molecule has 6 aromatic heterocycles. The van der Waals surface area contributed by atoms with Gasteiger partial charge in [-0.15, -0.1) is 0 Å². The van der Waals surface area contributed by atoms with Crippen LogP contribution in [-0.2, 0) is 0 Å². The van der Waals surface area contributed by atoms with Crippen molar-refractivity contribution in [3.05, 3.63) is 78.6 Å². The molecule has 3 N–H and O–H groups in total. The molecular formula is C36H43ClN14O4. The van der Waals surface area contributed by atoms with Gasteiger partial charge in [-0.1, -0.05) is 0 Å². The van der Waals surface area contributed by atoms with E-state index in [4.69, 9.17) is 36.3 Å². The Bertz CT molecular complexity index is 2250. The highest BCUT2D eigenvalue weighted by molar-refractivity contribution is 6.28. The van der Waals surface area contributed by atoms with Crippen molar-refractivity contribution in [1.29, 1.82) is 0 Å². The Hall–Kier alpha value is -6.43. The SMILES string of the molecule is CC1COc2cnc(Cl)nc2N1C.COc1cc(N)cnc1-n1cnc(C)c1.COc1cc(Nc2ncc3c(n2)N(C)C(C)CO3)cnc1-n1cnc(C)c1. The van der Waals surface area contributed by atoms with Crippen molar-refractivity contribution in [3.63, 3.8) is 0 Å². The fourth-order valence-corrected chi connectivity index (χ4v) is 5.51. The molecule has 2 aliphatic heterocycles. The molecule has 0 radical (unpaired) electrons. The molecule has 2 aliphatic rings. The third-order valence-corrected chi connectivity index (χ3v) is 8.87. The van der Waals surface area contributed by atoms with Crippen LogP contribution < -0.4 is 39.8 Å². The fraction of sp³-hybridized carbons (Fsp3) is 0.333. The van der Waals surface area contributed by atoms with Crippen LogP contribution in [0.3, 0.4) is 0 Å².